The van der Waals surface area contributed by atoms with E-state index < -0.39 is 6.61 Å². The molecule has 4 heteroatoms. The fraction of sp³-hybridized carbons (Fsp3) is 0.538. The molecule has 0 spiro atoms. The highest BCUT2D eigenvalue weighted by molar-refractivity contribution is 5.49. The van der Waals surface area contributed by atoms with Crippen LogP contribution in [0.5, 0.6) is 5.75 Å². The third-order valence-corrected chi connectivity index (χ3v) is 3.53. The van der Waals surface area contributed by atoms with Crippen LogP contribution < -0.4 is 10.1 Å². The van der Waals surface area contributed by atoms with Gasteiger partial charge in [-0.25, -0.2) is 0 Å². The molecule has 94 valence electrons. The van der Waals surface area contributed by atoms with Crippen molar-refractivity contribution in [3.8, 4) is 5.75 Å². The van der Waals surface area contributed by atoms with Gasteiger partial charge in [0.25, 0.3) is 0 Å². The molecule has 0 aliphatic heterocycles. The lowest BCUT2D eigenvalue weighted by Gasteiger charge is -2.21. The van der Waals surface area contributed by atoms with E-state index in [0.717, 1.165) is 5.69 Å². The molecule has 1 N–H and O–H groups in total. The van der Waals surface area contributed by atoms with Crippen molar-refractivity contribution in [2.24, 2.45) is 5.41 Å². The highest BCUT2D eigenvalue weighted by atomic mass is 19.3. The molecule has 0 radical (unpaired) electrons. The van der Waals surface area contributed by atoms with Crippen LogP contribution in [-0.2, 0) is 0 Å². The molecule has 1 fully saturated rings. The molecule has 1 unspecified atom stereocenters. The molecule has 1 aliphatic carbocycles. The molecule has 17 heavy (non-hydrogen) atoms. The zero-order valence-corrected chi connectivity index (χ0v) is 10.0. The SMILES string of the molecule is CC(Nc1cccc(OC(F)F)c1)C1(C)CC1. The summed E-state index contributed by atoms with van der Waals surface area (Å²) in [7, 11) is 0. The molecule has 2 rings (SSSR count). The first-order chi connectivity index (χ1) is 7.99. The zero-order chi connectivity index (χ0) is 12.5. The summed E-state index contributed by atoms with van der Waals surface area (Å²) < 4.78 is 28.5. The molecule has 0 heterocycles. The topological polar surface area (TPSA) is 21.3 Å². The van der Waals surface area contributed by atoms with Crippen LogP contribution in [0.2, 0.25) is 0 Å². The first-order valence-electron chi connectivity index (χ1n) is 5.81. The Morgan fingerprint density at radius 1 is 1.35 bits per heavy atom. The summed E-state index contributed by atoms with van der Waals surface area (Å²) in [5.41, 5.74) is 1.17. The van der Waals surface area contributed by atoms with Crippen LogP contribution in [0.25, 0.3) is 0 Å². The Morgan fingerprint density at radius 3 is 2.65 bits per heavy atom. The van der Waals surface area contributed by atoms with E-state index in [1.54, 1.807) is 12.1 Å². The summed E-state index contributed by atoms with van der Waals surface area (Å²) in [6.45, 7) is 1.57. The molecule has 0 bridgehead atoms. The molecule has 1 aromatic carbocycles. The molecule has 2 nitrogen and oxygen atoms in total. The van der Waals surface area contributed by atoms with Gasteiger partial charge in [0.2, 0.25) is 0 Å². The third-order valence-electron chi connectivity index (χ3n) is 3.53. The van der Waals surface area contributed by atoms with E-state index >= 15 is 0 Å². The van der Waals surface area contributed by atoms with Gasteiger partial charge in [-0.3, -0.25) is 0 Å². The van der Waals surface area contributed by atoms with Crippen molar-refractivity contribution >= 4 is 5.69 Å². The van der Waals surface area contributed by atoms with E-state index in [2.05, 4.69) is 23.9 Å². The largest absolute Gasteiger partial charge is 0.435 e. The van der Waals surface area contributed by atoms with Crippen LogP contribution in [0.4, 0.5) is 14.5 Å². The molecule has 0 amide bonds. The lowest BCUT2D eigenvalue weighted by molar-refractivity contribution is -0.0498. The average Bonchev–Trinajstić information content (AvgIpc) is 2.97. The predicted octanol–water partition coefficient (Wildman–Crippen LogP) is 3.89. The van der Waals surface area contributed by atoms with Crippen LogP contribution in [0, 0.1) is 5.41 Å². The number of nitrogens with one attached hydrogen (secondary N) is 1. The Kier molecular flexibility index (Phi) is 3.22. The highest BCUT2D eigenvalue weighted by Gasteiger charge is 2.42. The number of hydrogen-bond donors (Lipinski definition) is 1. The van der Waals surface area contributed by atoms with E-state index in [-0.39, 0.29) is 5.75 Å². The zero-order valence-electron chi connectivity index (χ0n) is 10.0. The fourth-order valence-electron chi connectivity index (χ4n) is 1.82. The standard InChI is InChI=1S/C13H17F2NO/c1-9(13(2)6-7-13)16-10-4-3-5-11(8-10)17-12(14)15/h3-5,8-9,12,16H,6-7H2,1-2H3. The molecule has 1 saturated carbocycles. The second kappa shape index (κ2) is 4.51. The van der Waals surface area contributed by atoms with Gasteiger partial charge in [-0.2, -0.15) is 8.78 Å². The minimum absolute atomic E-state index is 0.193. The van der Waals surface area contributed by atoms with Crippen molar-refractivity contribution in [3.05, 3.63) is 24.3 Å². The van der Waals surface area contributed by atoms with Gasteiger partial charge < -0.3 is 10.1 Å². The average molecular weight is 241 g/mol. The molecule has 0 saturated heterocycles. The highest BCUT2D eigenvalue weighted by Crippen LogP contribution is 2.48. The van der Waals surface area contributed by atoms with E-state index in [0.29, 0.717) is 11.5 Å². The Morgan fingerprint density at radius 2 is 2.06 bits per heavy atom. The molecular weight excluding hydrogens is 224 g/mol. The smallest absolute Gasteiger partial charge is 0.387 e. The van der Waals surface area contributed by atoms with Gasteiger partial charge in [0.05, 0.1) is 0 Å². The lowest BCUT2D eigenvalue weighted by Crippen LogP contribution is -2.24. The summed E-state index contributed by atoms with van der Waals surface area (Å²) in [5, 5.41) is 3.33. The van der Waals surface area contributed by atoms with E-state index in [1.165, 1.54) is 18.9 Å². The third kappa shape index (κ3) is 3.08. The Hall–Kier alpha value is -1.32. The number of anilines is 1. The van der Waals surface area contributed by atoms with E-state index in [1.807, 2.05) is 6.07 Å². The maximum Gasteiger partial charge on any atom is 0.387 e. The van der Waals surface area contributed by atoms with Crippen molar-refractivity contribution in [2.75, 3.05) is 5.32 Å². The molecule has 1 aromatic rings. The van der Waals surface area contributed by atoms with Crippen molar-refractivity contribution < 1.29 is 13.5 Å². The normalized spacial score (nSPS) is 18.9. The van der Waals surface area contributed by atoms with Gasteiger partial charge in [-0.1, -0.05) is 13.0 Å². The Balaban J connectivity index is 2.00. The predicted molar refractivity (Wildman–Crippen MR) is 63.5 cm³/mol. The van der Waals surface area contributed by atoms with Gasteiger partial charge in [-0.05, 0) is 37.3 Å². The van der Waals surface area contributed by atoms with Crippen molar-refractivity contribution in [1.82, 2.24) is 0 Å². The van der Waals surface area contributed by atoms with Crippen molar-refractivity contribution in [2.45, 2.75) is 39.3 Å². The first-order valence-corrected chi connectivity index (χ1v) is 5.81. The number of rotatable bonds is 5. The Labute approximate surface area is 100.0 Å². The second-order valence-electron chi connectivity index (χ2n) is 4.93. The van der Waals surface area contributed by atoms with E-state index in [4.69, 9.17) is 0 Å². The van der Waals surface area contributed by atoms with Crippen molar-refractivity contribution in [3.63, 3.8) is 0 Å². The van der Waals surface area contributed by atoms with E-state index in [9.17, 15) is 8.78 Å². The van der Waals surface area contributed by atoms with Crippen LogP contribution >= 0.6 is 0 Å². The summed E-state index contributed by atoms with van der Waals surface area (Å²) >= 11 is 0. The summed E-state index contributed by atoms with van der Waals surface area (Å²) in [6, 6.07) is 7.04. The minimum Gasteiger partial charge on any atom is -0.435 e. The number of halogens is 2. The maximum atomic E-state index is 12.1. The Bertz CT molecular complexity index is 391. The fourth-order valence-corrected chi connectivity index (χ4v) is 1.82. The number of ether oxygens (including phenoxy) is 1. The molecular formula is C13H17F2NO. The maximum absolute atomic E-state index is 12.1. The molecule has 1 aliphatic rings. The lowest BCUT2D eigenvalue weighted by atomic mass is 10.0. The van der Waals surface area contributed by atoms with Crippen molar-refractivity contribution in [1.29, 1.82) is 0 Å². The molecule has 1 atom stereocenters. The second-order valence-corrected chi connectivity index (χ2v) is 4.93. The van der Waals surface area contributed by atoms with Crippen LogP contribution in [0.1, 0.15) is 26.7 Å². The van der Waals surface area contributed by atoms with Gasteiger partial charge in [0.15, 0.2) is 0 Å². The summed E-state index contributed by atoms with van der Waals surface area (Å²) in [5.74, 6) is 0.193. The molecule has 0 aromatic heterocycles. The van der Waals surface area contributed by atoms with Gasteiger partial charge >= 0.3 is 6.61 Å². The van der Waals surface area contributed by atoms with Crippen LogP contribution in [0.15, 0.2) is 24.3 Å². The van der Waals surface area contributed by atoms with Gasteiger partial charge in [0.1, 0.15) is 5.75 Å². The number of benzene rings is 1. The summed E-state index contributed by atoms with van der Waals surface area (Å²) in [4.78, 5) is 0. The van der Waals surface area contributed by atoms with Gasteiger partial charge in [-0.15, -0.1) is 0 Å². The minimum atomic E-state index is -2.77. The number of hydrogen-bond acceptors (Lipinski definition) is 2. The first kappa shape index (κ1) is 12.1. The van der Waals surface area contributed by atoms with Crippen LogP contribution in [-0.4, -0.2) is 12.7 Å². The monoisotopic (exact) mass is 241 g/mol. The van der Waals surface area contributed by atoms with Crippen LogP contribution in [0.3, 0.4) is 0 Å². The van der Waals surface area contributed by atoms with Gasteiger partial charge in [0, 0.05) is 17.8 Å². The summed E-state index contributed by atoms with van der Waals surface area (Å²) in [6.07, 6.45) is 2.43. The number of alkyl halides is 2. The quantitative estimate of drug-likeness (QED) is 0.844.